The monoisotopic (exact) mass is 316 g/mol. The van der Waals surface area contributed by atoms with E-state index in [1.54, 1.807) is 6.20 Å². The number of aromatic nitrogens is 3. The highest BCUT2D eigenvalue weighted by molar-refractivity contribution is 7.88. The van der Waals surface area contributed by atoms with Gasteiger partial charge in [-0.05, 0) is 33.1 Å². The van der Waals surface area contributed by atoms with Gasteiger partial charge in [-0.2, -0.15) is 4.31 Å². The van der Waals surface area contributed by atoms with E-state index in [2.05, 4.69) is 38.0 Å². The summed E-state index contributed by atoms with van der Waals surface area (Å²) in [5.74, 6) is 0. The van der Waals surface area contributed by atoms with Crippen LogP contribution < -0.4 is 0 Å². The second-order valence-corrected chi connectivity index (χ2v) is 9.56. The molecule has 0 aliphatic heterocycles. The topological polar surface area (TPSA) is 68.1 Å². The van der Waals surface area contributed by atoms with E-state index in [4.69, 9.17) is 0 Å². The molecule has 6 nitrogen and oxygen atoms in total. The van der Waals surface area contributed by atoms with Crippen LogP contribution in [0.15, 0.2) is 6.20 Å². The standard InChI is InChI=1S/C14H28N4O2S/c1-11(13(2,3)4)18-12(9-15-16-18)10-17(14(5,6)7)21(8,19)20/h9,11H,10H2,1-8H3. The van der Waals surface area contributed by atoms with Crippen LogP contribution in [0, 0.1) is 5.41 Å². The highest BCUT2D eigenvalue weighted by atomic mass is 32.2. The molecule has 1 unspecified atom stereocenters. The van der Waals surface area contributed by atoms with Crippen LogP contribution in [-0.4, -0.2) is 39.5 Å². The normalized spacial score (nSPS) is 15.5. The van der Waals surface area contributed by atoms with Crippen molar-refractivity contribution in [1.29, 1.82) is 0 Å². The van der Waals surface area contributed by atoms with E-state index in [-0.39, 0.29) is 18.0 Å². The first-order chi connectivity index (χ1) is 9.24. The molecule has 0 fully saturated rings. The summed E-state index contributed by atoms with van der Waals surface area (Å²) in [5.41, 5.74) is 0.325. The average molecular weight is 316 g/mol. The van der Waals surface area contributed by atoms with Gasteiger partial charge in [-0.1, -0.05) is 26.0 Å². The number of hydrogen-bond donors (Lipinski definition) is 0. The summed E-state index contributed by atoms with van der Waals surface area (Å²) >= 11 is 0. The second kappa shape index (κ2) is 5.68. The van der Waals surface area contributed by atoms with Gasteiger partial charge in [0.1, 0.15) is 0 Å². The number of rotatable bonds is 4. The highest BCUT2D eigenvalue weighted by Crippen LogP contribution is 2.31. The SMILES string of the molecule is CC(n1nncc1CN(C(C)(C)C)S(C)(=O)=O)C(C)(C)C. The Hall–Kier alpha value is -0.950. The van der Waals surface area contributed by atoms with E-state index < -0.39 is 15.6 Å². The van der Waals surface area contributed by atoms with Crippen LogP contribution >= 0.6 is 0 Å². The van der Waals surface area contributed by atoms with Gasteiger partial charge in [-0.3, -0.25) is 0 Å². The first-order valence-electron chi connectivity index (χ1n) is 7.11. The van der Waals surface area contributed by atoms with Gasteiger partial charge >= 0.3 is 0 Å². The van der Waals surface area contributed by atoms with Gasteiger partial charge in [0, 0.05) is 5.54 Å². The average Bonchev–Trinajstić information content (AvgIpc) is 2.67. The minimum atomic E-state index is -3.31. The Morgan fingerprint density at radius 3 is 2.14 bits per heavy atom. The van der Waals surface area contributed by atoms with Gasteiger partial charge in [-0.25, -0.2) is 13.1 Å². The van der Waals surface area contributed by atoms with Crippen molar-refractivity contribution in [3.63, 3.8) is 0 Å². The van der Waals surface area contributed by atoms with Gasteiger partial charge in [0.15, 0.2) is 0 Å². The van der Waals surface area contributed by atoms with E-state index >= 15 is 0 Å². The minimum Gasteiger partial charge on any atom is -0.245 e. The van der Waals surface area contributed by atoms with Gasteiger partial charge in [-0.15, -0.1) is 5.10 Å². The molecule has 1 aromatic rings. The first-order valence-corrected chi connectivity index (χ1v) is 8.96. The largest absolute Gasteiger partial charge is 0.245 e. The van der Waals surface area contributed by atoms with E-state index in [0.717, 1.165) is 5.69 Å². The maximum atomic E-state index is 12.1. The Balaban J connectivity index is 3.17. The van der Waals surface area contributed by atoms with Gasteiger partial charge in [0.2, 0.25) is 10.0 Å². The molecule has 0 aliphatic carbocycles. The molecule has 0 radical (unpaired) electrons. The summed E-state index contributed by atoms with van der Waals surface area (Å²) < 4.78 is 27.4. The lowest BCUT2D eigenvalue weighted by Gasteiger charge is -2.34. The molecule has 1 rings (SSSR count). The van der Waals surface area contributed by atoms with Gasteiger partial charge in [0.05, 0.1) is 30.7 Å². The molecular weight excluding hydrogens is 288 g/mol. The minimum absolute atomic E-state index is 0.0140. The predicted octanol–water partition coefficient (Wildman–Crippen LogP) is 2.45. The molecule has 0 aromatic carbocycles. The highest BCUT2D eigenvalue weighted by Gasteiger charge is 2.32. The van der Waals surface area contributed by atoms with Crippen molar-refractivity contribution in [2.24, 2.45) is 5.41 Å². The van der Waals surface area contributed by atoms with Gasteiger partial charge in [0.25, 0.3) is 0 Å². The molecule has 1 aromatic heterocycles. The molecule has 0 bridgehead atoms. The fourth-order valence-electron chi connectivity index (χ4n) is 2.07. The Bertz CT molecular complexity index is 579. The Kier molecular flexibility index (Phi) is 4.90. The Labute approximate surface area is 128 Å². The van der Waals surface area contributed by atoms with Crippen LogP contribution in [0.25, 0.3) is 0 Å². The summed E-state index contributed by atoms with van der Waals surface area (Å²) in [6.07, 6.45) is 2.88. The van der Waals surface area contributed by atoms with Crippen molar-refractivity contribution >= 4 is 10.0 Å². The lowest BCUT2D eigenvalue weighted by atomic mass is 9.88. The Morgan fingerprint density at radius 1 is 1.24 bits per heavy atom. The van der Waals surface area contributed by atoms with E-state index in [0.29, 0.717) is 0 Å². The zero-order valence-corrected chi connectivity index (χ0v) is 15.2. The molecular formula is C14H28N4O2S. The second-order valence-electron chi connectivity index (χ2n) is 7.65. The van der Waals surface area contributed by atoms with Crippen LogP contribution in [-0.2, 0) is 16.6 Å². The van der Waals surface area contributed by atoms with Crippen LogP contribution in [0.1, 0.15) is 60.2 Å². The molecule has 0 amide bonds. The van der Waals surface area contributed by atoms with Crippen molar-refractivity contribution in [2.45, 2.75) is 66.6 Å². The van der Waals surface area contributed by atoms with Crippen LogP contribution in [0.3, 0.4) is 0 Å². The van der Waals surface area contributed by atoms with Crippen molar-refractivity contribution in [3.8, 4) is 0 Å². The third kappa shape index (κ3) is 4.51. The summed E-state index contributed by atoms with van der Waals surface area (Å²) in [4.78, 5) is 0. The third-order valence-electron chi connectivity index (χ3n) is 3.72. The lowest BCUT2D eigenvalue weighted by molar-refractivity contribution is 0.211. The van der Waals surface area contributed by atoms with Crippen LogP contribution in [0.2, 0.25) is 0 Å². The maximum Gasteiger partial charge on any atom is 0.212 e. The summed E-state index contributed by atoms with van der Waals surface area (Å²) in [5, 5.41) is 8.11. The molecule has 21 heavy (non-hydrogen) atoms. The first kappa shape index (κ1) is 18.1. The maximum absolute atomic E-state index is 12.1. The van der Waals surface area contributed by atoms with Crippen LogP contribution in [0.4, 0.5) is 0 Å². The van der Waals surface area contributed by atoms with Crippen molar-refractivity contribution < 1.29 is 8.42 Å². The molecule has 7 heteroatoms. The molecule has 0 saturated carbocycles. The van der Waals surface area contributed by atoms with E-state index in [9.17, 15) is 8.42 Å². The van der Waals surface area contributed by atoms with Crippen molar-refractivity contribution in [1.82, 2.24) is 19.3 Å². The summed E-state index contributed by atoms with van der Waals surface area (Å²) in [7, 11) is -3.31. The smallest absolute Gasteiger partial charge is 0.212 e. The van der Waals surface area contributed by atoms with Gasteiger partial charge < -0.3 is 0 Å². The molecule has 0 N–H and O–H groups in total. The molecule has 0 aliphatic rings. The molecule has 0 saturated heterocycles. The van der Waals surface area contributed by atoms with E-state index in [1.165, 1.54) is 10.6 Å². The summed E-state index contributed by atoms with van der Waals surface area (Å²) in [6.45, 7) is 14.4. The zero-order chi connectivity index (χ0) is 16.6. The van der Waals surface area contributed by atoms with Crippen LogP contribution in [0.5, 0.6) is 0 Å². The predicted molar refractivity (Wildman–Crippen MR) is 84.3 cm³/mol. The van der Waals surface area contributed by atoms with Crippen molar-refractivity contribution in [3.05, 3.63) is 11.9 Å². The lowest BCUT2D eigenvalue weighted by Crippen LogP contribution is -2.45. The number of hydrogen-bond acceptors (Lipinski definition) is 4. The fraction of sp³-hybridized carbons (Fsp3) is 0.857. The molecule has 1 atom stereocenters. The molecule has 1 heterocycles. The summed E-state index contributed by atoms with van der Waals surface area (Å²) in [6, 6.07) is 0.122. The quantitative estimate of drug-likeness (QED) is 0.855. The van der Waals surface area contributed by atoms with Crippen molar-refractivity contribution in [2.75, 3.05) is 6.26 Å². The molecule has 0 spiro atoms. The Morgan fingerprint density at radius 2 is 1.76 bits per heavy atom. The third-order valence-corrected chi connectivity index (χ3v) is 5.20. The molecule has 122 valence electrons. The number of nitrogens with zero attached hydrogens (tertiary/aromatic N) is 4. The fourth-order valence-corrected chi connectivity index (χ4v) is 3.43. The zero-order valence-electron chi connectivity index (χ0n) is 14.4. The van der Waals surface area contributed by atoms with E-state index in [1.807, 2.05) is 25.5 Å². The number of sulfonamides is 1.